The second kappa shape index (κ2) is 8.62. The topological polar surface area (TPSA) is 54.5 Å². The van der Waals surface area contributed by atoms with Crippen LogP contribution in [-0.4, -0.2) is 37.2 Å². The van der Waals surface area contributed by atoms with Gasteiger partial charge in [-0.3, -0.25) is 4.79 Å². The van der Waals surface area contributed by atoms with Crippen LogP contribution >= 0.6 is 0 Å². The molecule has 2 heterocycles. The minimum atomic E-state index is 0.0670. The third-order valence-electron chi connectivity index (χ3n) is 4.42. The van der Waals surface area contributed by atoms with Crippen molar-refractivity contribution in [1.29, 1.82) is 0 Å². The summed E-state index contributed by atoms with van der Waals surface area (Å²) < 4.78 is 5.40. The Morgan fingerprint density at radius 1 is 1.20 bits per heavy atom. The summed E-state index contributed by atoms with van der Waals surface area (Å²) in [5.41, 5.74) is 3.48. The first kappa shape index (κ1) is 17.4. The maximum atomic E-state index is 12.2. The summed E-state index contributed by atoms with van der Waals surface area (Å²) >= 11 is 0. The lowest BCUT2D eigenvalue weighted by atomic mass is 10.1. The zero-order chi connectivity index (χ0) is 17.5. The summed E-state index contributed by atoms with van der Waals surface area (Å²) in [5, 5.41) is 3.02. The van der Waals surface area contributed by atoms with E-state index in [9.17, 15) is 4.79 Å². The molecule has 25 heavy (non-hydrogen) atoms. The van der Waals surface area contributed by atoms with Crippen LogP contribution in [0.3, 0.4) is 0 Å². The van der Waals surface area contributed by atoms with E-state index in [1.165, 1.54) is 11.1 Å². The van der Waals surface area contributed by atoms with Crippen molar-refractivity contribution in [1.82, 2.24) is 10.3 Å². The number of hydrogen-bond donors (Lipinski definition) is 1. The molecule has 1 saturated heterocycles. The minimum Gasteiger partial charge on any atom is -0.378 e. The molecule has 1 N–H and O–H groups in total. The number of anilines is 1. The lowest BCUT2D eigenvalue weighted by Crippen LogP contribution is -2.37. The number of pyridine rings is 1. The number of nitrogens with one attached hydrogen (secondary N) is 1. The molecule has 1 fully saturated rings. The molecule has 1 amide bonds. The number of aromatic nitrogens is 1. The van der Waals surface area contributed by atoms with Gasteiger partial charge in [0.05, 0.1) is 13.2 Å². The van der Waals surface area contributed by atoms with Gasteiger partial charge >= 0.3 is 0 Å². The Hall–Kier alpha value is -2.40. The van der Waals surface area contributed by atoms with E-state index < -0.39 is 0 Å². The van der Waals surface area contributed by atoms with Gasteiger partial charge in [0.15, 0.2) is 0 Å². The van der Waals surface area contributed by atoms with E-state index in [2.05, 4.69) is 46.4 Å². The van der Waals surface area contributed by atoms with Gasteiger partial charge in [0.2, 0.25) is 5.91 Å². The minimum absolute atomic E-state index is 0.0670. The molecule has 5 heteroatoms. The summed E-state index contributed by atoms with van der Waals surface area (Å²) in [4.78, 5) is 18.9. The van der Waals surface area contributed by atoms with Crippen LogP contribution in [0.25, 0.3) is 0 Å². The van der Waals surface area contributed by atoms with Gasteiger partial charge in [-0.2, -0.15) is 0 Å². The summed E-state index contributed by atoms with van der Waals surface area (Å²) in [5.74, 6) is 1.02. The van der Waals surface area contributed by atoms with Crippen LogP contribution in [0, 0.1) is 6.92 Å². The van der Waals surface area contributed by atoms with Crippen LogP contribution in [0.4, 0.5) is 5.82 Å². The molecule has 1 aromatic heterocycles. The average molecular weight is 339 g/mol. The van der Waals surface area contributed by atoms with Crippen LogP contribution in [-0.2, 0) is 22.5 Å². The third kappa shape index (κ3) is 5.03. The van der Waals surface area contributed by atoms with Crippen molar-refractivity contribution in [2.75, 3.05) is 31.2 Å². The number of morpholine rings is 1. The van der Waals surface area contributed by atoms with Gasteiger partial charge in [-0.1, -0.05) is 35.9 Å². The van der Waals surface area contributed by atoms with Crippen molar-refractivity contribution in [3.8, 4) is 0 Å². The SMILES string of the molecule is Cc1ccc(CCC(=O)NCc2cccnc2N2CCOCC2)cc1. The van der Waals surface area contributed by atoms with Crippen molar-refractivity contribution in [3.63, 3.8) is 0 Å². The molecule has 0 radical (unpaired) electrons. The zero-order valence-electron chi connectivity index (χ0n) is 14.7. The molecule has 2 aromatic rings. The fourth-order valence-electron chi connectivity index (χ4n) is 2.92. The molecule has 0 atom stereocenters. The standard InChI is InChI=1S/C20H25N3O2/c1-16-4-6-17(7-5-16)8-9-19(24)22-15-18-3-2-10-21-20(18)23-11-13-25-14-12-23/h2-7,10H,8-9,11-15H2,1H3,(H,22,24). The Morgan fingerprint density at radius 2 is 1.96 bits per heavy atom. The predicted octanol–water partition coefficient (Wildman–Crippen LogP) is 2.48. The maximum Gasteiger partial charge on any atom is 0.220 e. The number of ether oxygens (including phenoxy) is 1. The molecule has 0 aliphatic carbocycles. The molecule has 3 rings (SSSR count). The van der Waals surface area contributed by atoms with E-state index in [-0.39, 0.29) is 5.91 Å². The number of hydrogen-bond acceptors (Lipinski definition) is 4. The molecule has 0 unspecified atom stereocenters. The van der Waals surface area contributed by atoms with E-state index in [1.54, 1.807) is 6.20 Å². The average Bonchev–Trinajstić information content (AvgIpc) is 2.67. The molecule has 0 bridgehead atoms. The van der Waals surface area contributed by atoms with Gasteiger partial charge in [0, 0.05) is 37.8 Å². The van der Waals surface area contributed by atoms with Crippen LogP contribution < -0.4 is 10.2 Å². The molecule has 1 aliphatic rings. The number of aryl methyl sites for hydroxylation is 2. The summed E-state index contributed by atoms with van der Waals surface area (Å²) in [7, 11) is 0. The van der Waals surface area contributed by atoms with Crippen LogP contribution in [0.5, 0.6) is 0 Å². The van der Waals surface area contributed by atoms with Crippen molar-refractivity contribution < 1.29 is 9.53 Å². The molecule has 1 aliphatic heterocycles. The largest absolute Gasteiger partial charge is 0.378 e. The molecule has 132 valence electrons. The molecule has 1 aromatic carbocycles. The number of carbonyl (C=O) groups excluding carboxylic acids is 1. The van der Waals surface area contributed by atoms with Gasteiger partial charge < -0.3 is 15.0 Å². The molecule has 5 nitrogen and oxygen atoms in total. The zero-order valence-corrected chi connectivity index (χ0v) is 14.7. The number of amides is 1. The highest BCUT2D eigenvalue weighted by atomic mass is 16.5. The Kier molecular flexibility index (Phi) is 6.01. The van der Waals surface area contributed by atoms with Crippen molar-refractivity contribution in [2.24, 2.45) is 0 Å². The first-order valence-electron chi connectivity index (χ1n) is 8.81. The molecular formula is C20H25N3O2. The lowest BCUT2D eigenvalue weighted by Gasteiger charge is -2.29. The first-order chi connectivity index (χ1) is 12.2. The van der Waals surface area contributed by atoms with Gasteiger partial charge in [0.25, 0.3) is 0 Å². The van der Waals surface area contributed by atoms with E-state index in [0.717, 1.165) is 44.1 Å². The van der Waals surface area contributed by atoms with Crippen molar-refractivity contribution in [3.05, 3.63) is 59.3 Å². The maximum absolute atomic E-state index is 12.2. The number of carbonyl (C=O) groups is 1. The highest BCUT2D eigenvalue weighted by Gasteiger charge is 2.16. The molecule has 0 saturated carbocycles. The number of benzene rings is 1. The highest BCUT2D eigenvalue weighted by molar-refractivity contribution is 5.76. The van der Waals surface area contributed by atoms with Gasteiger partial charge in [0.1, 0.15) is 5.82 Å². The van der Waals surface area contributed by atoms with E-state index in [1.807, 2.05) is 12.1 Å². The van der Waals surface area contributed by atoms with Gasteiger partial charge in [-0.15, -0.1) is 0 Å². The van der Waals surface area contributed by atoms with Gasteiger partial charge in [-0.25, -0.2) is 4.98 Å². The second-order valence-electron chi connectivity index (χ2n) is 6.35. The van der Waals surface area contributed by atoms with Crippen LogP contribution in [0.1, 0.15) is 23.1 Å². The smallest absolute Gasteiger partial charge is 0.220 e. The fourth-order valence-corrected chi connectivity index (χ4v) is 2.92. The van der Waals surface area contributed by atoms with Crippen LogP contribution in [0.15, 0.2) is 42.6 Å². The predicted molar refractivity (Wildman–Crippen MR) is 98.6 cm³/mol. The normalized spacial score (nSPS) is 14.4. The first-order valence-corrected chi connectivity index (χ1v) is 8.81. The second-order valence-corrected chi connectivity index (χ2v) is 6.35. The quantitative estimate of drug-likeness (QED) is 0.878. The fraction of sp³-hybridized carbons (Fsp3) is 0.400. The summed E-state index contributed by atoms with van der Waals surface area (Å²) in [6.45, 7) is 5.69. The van der Waals surface area contributed by atoms with E-state index >= 15 is 0 Å². The number of nitrogens with zero attached hydrogens (tertiary/aromatic N) is 2. The monoisotopic (exact) mass is 339 g/mol. The molecular weight excluding hydrogens is 314 g/mol. The summed E-state index contributed by atoms with van der Waals surface area (Å²) in [6.07, 6.45) is 3.05. The Bertz CT molecular complexity index is 694. The van der Waals surface area contributed by atoms with E-state index in [0.29, 0.717) is 13.0 Å². The lowest BCUT2D eigenvalue weighted by molar-refractivity contribution is -0.121. The summed E-state index contributed by atoms with van der Waals surface area (Å²) in [6, 6.07) is 12.3. The Balaban J connectivity index is 1.52. The third-order valence-corrected chi connectivity index (χ3v) is 4.42. The van der Waals surface area contributed by atoms with Crippen LogP contribution in [0.2, 0.25) is 0 Å². The molecule has 0 spiro atoms. The Morgan fingerprint density at radius 3 is 2.72 bits per heavy atom. The van der Waals surface area contributed by atoms with Crippen molar-refractivity contribution >= 4 is 11.7 Å². The van der Waals surface area contributed by atoms with Crippen molar-refractivity contribution in [2.45, 2.75) is 26.3 Å². The number of rotatable bonds is 6. The van der Waals surface area contributed by atoms with E-state index in [4.69, 9.17) is 4.74 Å². The Labute approximate surface area is 149 Å². The van der Waals surface area contributed by atoms with Gasteiger partial charge in [-0.05, 0) is 25.0 Å². The highest BCUT2D eigenvalue weighted by Crippen LogP contribution is 2.18.